The highest BCUT2D eigenvalue weighted by atomic mass is 15.2. The third-order valence-electron chi connectivity index (χ3n) is 2.78. The quantitative estimate of drug-likeness (QED) is 0.720. The number of para-hydroxylation sites is 1. The highest BCUT2D eigenvalue weighted by Gasteiger charge is 2.17. The van der Waals surface area contributed by atoms with Crippen molar-refractivity contribution < 1.29 is 0 Å². The maximum atomic E-state index is 7.91. The first kappa shape index (κ1) is 9.25. The molecular formula is C12H16N2. The van der Waals surface area contributed by atoms with Gasteiger partial charge in [0.15, 0.2) is 0 Å². The summed E-state index contributed by atoms with van der Waals surface area (Å²) in [6.07, 6.45) is 3.30. The Morgan fingerprint density at radius 1 is 1.21 bits per heavy atom. The fourth-order valence-electron chi connectivity index (χ4n) is 1.96. The van der Waals surface area contributed by atoms with Crippen molar-refractivity contribution in [1.82, 2.24) is 0 Å². The van der Waals surface area contributed by atoms with Crippen molar-refractivity contribution in [3.8, 4) is 0 Å². The van der Waals surface area contributed by atoms with E-state index in [1.54, 1.807) is 0 Å². The van der Waals surface area contributed by atoms with Gasteiger partial charge in [-0.3, -0.25) is 5.41 Å². The number of piperidine rings is 1. The van der Waals surface area contributed by atoms with E-state index in [9.17, 15) is 0 Å². The zero-order chi connectivity index (χ0) is 9.97. The van der Waals surface area contributed by atoms with Gasteiger partial charge in [0.25, 0.3) is 0 Å². The molecule has 0 saturated carbocycles. The zero-order valence-electron chi connectivity index (χ0n) is 8.59. The van der Waals surface area contributed by atoms with E-state index in [2.05, 4.69) is 24.0 Å². The number of hydrogen-bond donors (Lipinski definition) is 1. The van der Waals surface area contributed by atoms with E-state index in [0.717, 1.165) is 18.8 Å². The Morgan fingerprint density at radius 2 is 2.00 bits per heavy atom. The number of benzene rings is 1. The molecule has 0 radical (unpaired) electrons. The molecule has 0 unspecified atom stereocenters. The molecule has 2 heteroatoms. The first-order valence-corrected chi connectivity index (χ1v) is 5.19. The van der Waals surface area contributed by atoms with Crippen LogP contribution in [0.2, 0.25) is 0 Å². The number of nitrogens with one attached hydrogen (secondary N) is 1. The Balaban J connectivity index is 2.29. The number of amidine groups is 1. The summed E-state index contributed by atoms with van der Waals surface area (Å²) in [5.74, 6) is 0.769. The van der Waals surface area contributed by atoms with Crippen LogP contribution in [0.4, 0.5) is 5.69 Å². The van der Waals surface area contributed by atoms with Gasteiger partial charge in [0.05, 0.1) is 0 Å². The fourth-order valence-corrected chi connectivity index (χ4v) is 1.96. The minimum atomic E-state index is 0.769. The predicted molar refractivity (Wildman–Crippen MR) is 60.1 cm³/mol. The van der Waals surface area contributed by atoms with E-state index in [1.807, 2.05) is 12.1 Å². The monoisotopic (exact) mass is 188 g/mol. The molecule has 2 nitrogen and oxygen atoms in total. The van der Waals surface area contributed by atoms with Crippen LogP contribution >= 0.6 is 0 Å². The van der Waals surface area contributed by atoms with Crippen molar-refractivity contribution >= 4 is 11.5 Å². The first-order chi connectivity index (χ1) is 6.79. The van der Waals surface area contributed by atoms with E-state index in [4.69, 9.17) is 5.41 Å². The molecule has 0 spiro atoms. The van der Waals surface area contributed by atoms with Gasteiger partial charge in [0, 0.05) is 18.7 Å². The van der Waals surface area contributed by atoms with Crippen molar-refractivity contribution in [2.45, 2.75) is 26.2 Å². The number of rotatable bonds is 1. The van der Waals surface area contributed by atoms with Crippen LogP contribution in [0.15, 0.2) is 24.3 Å². The maximum Gasteiger partial charge on any atom is 0.100 e. The van der Waals surface area contributed by atoms with Gasteiger partial charge in [-0.15, -0.1) is 0 Å². The Bertz CT molecular complexity index is 344. The molecule has 0 bridgehead atoms. The minimum absolute atomic E-state index is 0.769. The van der Waals surface area contributed by atoms with Gasteiger partial charge >= 0.3 is 0 Å². The van der Waals surface area contributed by atoms with E-state index < -0.39 is 0 Å². The lowest BCUT2D eigenvalue weighted by atomic mass is 10.1. The molecule has 1 N–H and O–H groups in total. The lowest BCUT2D eigenvalue weighted by Gasteiger charge is -2.30. The van der Waals surface area contributed by atoms with Crippen LogP contribution < -0.4 is 4.90 Å². The summed E-state index contributed by atoms with van der Waals surface area (Å²) >= 11 is 0. The second-order valence-corrected chi connectivity index (χ2v) is 3.84. The van der Waals surface area contributed by atoms with Crippen molar-refractivity contribution in [3.63, 3.8) is 0 Å². The SMILES string of the molecule is Cc1ccccc1N1CCCCC1=N. The van der Waals surface area contributed by atoms with Crippen LogP contribution in [0.25, 0.3) is 0 Å². The van der Waals surface area contributed by atoms with E-state index >= 15 is 0 Å². The molecule has 74 valence electrons. The molecule has 14 heavy (non-hydrogen) atoms. The van der Waals surface area contributed by atoms with Crippen LogP contribution in [0.1, 0.15) is 24.8 Å². The summed E-state index contributed by atoms with van der Waals surface area (Å²) in [4.78, 5) is 2.14. The van der Waals surface area contributed by atoms with E-state index in [0.29, 0.717) is 0 Å². The Kier molecular flexibility index (Phi) is 2.53. The van der Waals surface area contributed by atoms with Crippen molar-refractivity contribution in [3.05, 3.63) is 29.8 Å². The molecule has 1 aromatic rings. The van der Waals surface area contributed by atoms with Gasteiger partial charge in [0.1, 0.15) is 5.84 Å². The van der Waals surface area contributed by atoms with Crippen LogP contribution in [0.5, 0.6) is 0 Å². The summed E-state index contributed by atoms with van der Waals surface area (Å²) in [6.45, 7) is 3.11. The number of nitrogens with zero attached hydrogens (tertiary/aromatic N) is 1. The van der Waals surface area contributed by atoms with Crippen LogP contribution in [-0.4, -0.2) is 12.4 Å². The van der Waals surface area contributed by atoms with Crippen molar-refractivity contribution in [2.75, 3.05) is 11.4 Å². The molecule has 1 fully saturated rings. The maximum absolute atomic E-state index is 7.91. The van der Waals surface area contributed by atoms with E-state index in [-0.39, 0.29) is 0 Å². The molecule has 0 amide bonds. The van der Waals surface area contributed by atoms with Crippen molar-refractivity contribution in [1.29, 1.82) is 5.41 Å². The van der Waals surface area contributed by atoms with Gasteiger partial charge in [-0.25, -0.2) is 0 Å². The summed E-state index contributed by atoms with van der Waals surface area (Å²) in [5.41, 5.74) is 2.47. The average molecular weight is 188 g/mol. The average Bonchev–Trinajstić information content (AvgIpc) is 2.20. The molecule has 0 aromatic heterocycles. The third-order valence-corrected chi connectivity index (χ3v) is 2.78. The van der Waals surface area contributed by atoms with Crippen LogP contribution in [0.3, 0.4) is 0 Å². The summed E-state index contributed by atoms with van der Waals surface area (Å²) in [7, 11) is 0. The van der Waals surface area contributed by atoms with Gasteiger partial charge in [-0.1, -0.05) is 18.2 Å². The summed E-state index contributed by atoms with van der Waals surface area (Å²) in [5, 5.41) is 7.91. The molecule has 1 aliphatic rings. The molecule has 1 saturated heterocycles. The van der Waals surface area contributed by atoms with Crippen molar-refractivity contribution in [2.24, 2.45) is 0 Å². The smallest absolute Gasteiger partial charge is 0.100 e. The standard InChI is InChI=1S/C12H16N2/c1-10-6-2-3-7-11(10)14-9-5-4-8-12(14)13/h2-3,6-7,13H,4-5,8-9H2,1H3. The van der Waals surface area contributed by atoms with Gasteiger partial charge in [0.2, 0.25) is 0 Å². The van der Waals surface area contributed by atoms with Crippen LogP contribution in [-0.2, 0) is 0 Å². The molecule has 1 heterocycles. The fraction of sp³-hybridized carbons (Fsp3) is 0.417. The molecule has 2 rings (SSSR count). The second-order valence-electron chi connectivity index (χ2n) is 3.84. The summed E-state index contributed by atoms with van der Waals surface area (Å²) < 4.78 is 0. The number of aryl methyl sites for hydroxylation is 1. The number of anilines is 1. The Labute approximate surface area is 85.1 Å². The highest BCUT2D eigenvalue weighted by molar-refractivity contribution is 5.96. The molecule has 0 aliphatic carbocycles. The molecule has 1 aliphatic heterocycles. The van der Waals surface area contributed by atoms with Gasteiger partial charge in [-0.05, 0) is 31.4 Å². The molecule has 0 atom stereocenters. The van der Waals surface area contributed by atoms with Crippen LogP contribution in [0, 0.1) is 12.3 Å². The van der Waals surface area contributed by atoms with Gasteiger partial charge < -0.3 is 4.90 Å². The Morgan fingerprint density at radius 3 is 2.71 bits per heavy atom. The Hall–Kier alpha value is -1.31. The van der Waals surface area contributed by atoms with E-state index in [1.165, 1.54) is 24.1 Å². The molecular weight excluding hydrogens is 172 g/mol. The topological polar surface area (TPSA) is 27.1 Å². The lowest BCUT2D eigenvalue weighted by molar-refractivity contribution is 0.706. The molecule has 1 aromatic carbocycles. The minimum Gasteiger partial charge on any atom is -0.330 e. The summed E-state index contributed by atoms with van der Waals surface area (Å²) in [6, 6.07) is 8.31. The first-order valence-electron chi connectivity index (χ1n) is 5.19. The lowest BCUT2D eigenvalue weighted by Crippen LogP contribution is -2.35. The largest absolute Gasteiger partial charge is 0.330 e. The zero-order valence-corrected chi connectivity index (χ0v) is 8.59. The third kappa shape index (κ3) is 1.65. The predicted octanol–water partition coefficient (Wildman–Crippen LogP) is 2.96. The normalized spacial score (nSPS) is 17.2. The highest BCUT2D eigenvalue weighted by Crippen LogP contribution is 2.23. The number of hydrogen-bond acceptors (Lipinski definition) is 1. The van der Waals surface area contributed by atoms with Gasteiger partial charge in [-0.2, -0.15) is 0 Å². The second kappa shape index (κ2) is 3.82.